The van der Waals surface area contributed by atoms with E-state index < -0.39 is 16.4 Å². The lowest BCUT2D eigenvalue weighted by Gasteiger charge is -2.69. The number of Topliss-reactive ketones (excluding diaryl/α,β-unsaturated/α-hetero) is 1. The largest absolute Gasteiger partial charge is 0.347 e. The standard InChI is InChI=1S/C41H49N3O3/c1-25-9-11-26(12-10-25)27(23-42)19-33(46)44-41-17-15-36(2,3)22-29(41)34-30(45)20-32-38(6)21-28(24-43)35(47)37(4,5)31(38)13-14-39(32,7)40(34,8)16-18-41/h9-12,19-21,29,31,34H,13-18,22H2,1-8H3,(H,44,46)/b27-19+/t29-,31-,34-,38-,39+,40+,41-/m0/s1. The molecule has 1 aromatic rings. The molecule has 47 heavy (non-hydrogen) atoms. The third kappa shape index (κ3) is 4.73. The van der Waals surface area contributed by atoms with Crippen LogP contribution in [0.25, 0.3) is 5.57 Å². The second-order valence-electron chi connectivity index (χ2n) is 17.4. The number of hydrogen-bond acceptors (Lipinski definition) is 5. The molecule has 5 aliphatic carbocycles. The van der Waals surface area contributed by atoms with Crippen LogP contribution in [0.15, 0.2) is 53.6 Å². The molecule has 0 bridgehead atoms. The number of carbonyl (C=O) groups excluding carboxylic acids is 3. The Hall–Kier alpha value is -3.77. The maximum atomic E-state index is 14.8. The predicted octanol–water partition coefficient (Wildman–Crippen LogP) is 7.99. The highest BCUT2D eigenvalue weighted by molar-refractivity contribution is 6.05. The lowest BCUT2D eigenvalue weighted by Crippen LogP contribution is -2.69. The minimum Gasteiger partial charge on any atom is -0.347 e. The molecule has 0 spiro atoms. The Bertz CT molecular complexity index is 1750. The van der Waals surface area contributed by atoms with Gasteiger partial charge < -0.3 is 5.32 Å². The van der Waals surface area contributed by atoms with Crippen molar-refractivity contribution in [3.05, 3.63) is 64.8 Å². The van der Waals surface area contributed by atoms with Gasteiger partial charge in [0.2, 0.25) is 5.91 Å². The molecule has 7 atom stereocenters. The Morgan fingerprint density at radius 3 is 2.23 bits per heavy atom. The van der Waals surface area contributed by atoms with Gasteiger partial charge >= 0.3 is 0 Å². The Morgan fingerprint density at radius 2 is 1.60 bits per heavy atom. The first kappa shape index (κ1) is 33.1. The Morgan fingerprint density at radius 1 is 0.936 bits per heavy atom. The van der Waals surface area contributed by atoms with Crippen LogP contribution in [0, 0.1) is 74.4 Å². The highest BCUT2D eigenvalue weighted by atomic mass is 16.2. The number of nitrogens with zero attached hydrogens (tertiary/aromatic N) is 2. The summed E-state index contributed by atoms with van der Waals surface area (Å²) in [5, 5.41) is 23.4. The number of amides is 1. The van der Waals surface area contributed by atoms with E-state index in [2.05, 4.69) is 52.1 Å². The van der Waals surface area contributed by atoms with Crippen molar-refractivity contribution in [2.24, 2.45) is 44.8 Å². The van der Waals surface area contributed by atoms with Crippen LogP contribution < -0.4 is 5.32 Å². The summed E-state index contributed by atoms with van der Waals surface area (Å²) in [5.74, 6) is -0.614. The minimum atomic E-state index is -0.703. The Labute approximate surface area is 280 Å². The van der Waals surface area contributed by atoms with E-state index in [1.807, 2.05) is 57.2 Å². The summed E-state index contributed by atoms with van der Waals surface area (Å²) in [6.07, 6.45) is 11.0. The highest BCUT2D eigenvalue weighted by Crippen LogP contribution is 2.73. The summed E-state index contributed by atoms with van der Waals surface area (Å²) >= 11 is 0. The van der Waals surface area contributed by atoms with Crippen LogP contribution in [-0.2, 0) is 14.4 Å². The number of benzene rings is 1. The fraction of sp³-hybridized carbons (Fsp3) is 0.585. The van der Waals surface area contributed by atoms with E-state index in [0.29, 0.717) is 11.1 Å². The molecule has 246 valence electrons. The molecule has 0 aromatic heterocycles. The van der Waals surface area contributed by atoms with Crippen LogP contribution in [0.3, 0.4) is 0 Å². The maximum Gasteiger partial charge on any atom is 0.245 e. The second-order valence-corrected chi connectivity index (χ2v) is 17.4. The van der Waals surface area contributed by atoms with Gasteiger partial charge in [0.05, 0.1) is 17.2 Å². The van der Waals surface area contributed by atoms with Crippen molar-refractivity contribution >= 4 is 23.0 Å². The fourth-order valence-electron chi connectivity index (χ4n) is 11.2. The van der Waals surface area contributed by atoms with Gasteiger partial charge in [-0.05, 0) is 91.6 Å². The number of fused-ring (bicyclic) bond motifs is 7. The van der Waals surface area contributed by atoms with Gasteiger partial charge in [-0.1, -0.05) is 89.9 Å². The second kappa shape index (κ2) is 10.6. The Balaban J connectivity index is 1.42. The molecule has 5 aliphatic rings. The van der Waals surface area contributed by atoms with Crippen molar-refractivity contribution in [3.63, 3.8) is 0 Å². The molecule has 0 heterocycles. The van der Waals surface area contributed by atoms with E-state index in [1.54, 1.807) is 0 Å². The zero-order valence-electron chi connectivity index (χ0n) is 29.3. The van der Waals surface area contributed by atoms with Crippen molar-refractivity contribution in [2.45, 2.75) is 106 Å². The summed E-state index contributed by atoms with van der Waals surface area (Å²) in [7, 11) is 0. The number of aryl methyl sites for hydroxylation is 1. The zero-order valence-corrected chi connectivity index (χ0v) is 29.3. The van der Waals surface area contributed by atoms with Crippen molar-refractivity contribution in [1.29, 1.82) is 10.5 Å². The average Bonchev–Trinajstić information content (AvgIpc) is 3.00. The molecule has 1 amide bonds. The zero-order chi connectivity index (χ0) is 34.4. The molecule has 3 saturated carbocycles. The number of ketones is 2. The van der Waals surface area contributed by atoms with Gasteiger partial charge in [0.1, 0.15) is 6.07 Å². The van der Waals surface area contributed by atoms with Crippen LogP contribution in [0.2, 0.25) is 0 Å². The molecule has 3 fully saturated rings. The number of rotatable bonds is 3. The molecule has 0 unspecified atom stereocenters. The molecule has 0 aliphatic heterocycles. The summed E-state index contributed by atoms with van der Waals surface area (Å²) in [6, 6.07) is 12.0. The van der Waals surface area contributed by atoms with E-state index >= 15 is 0 Å². The van der Waals surface area contributed by atoms with Crippen molar-refractivity contribution in [1.82, 2.24) is 5.32 Å². The summed E-state index contributed by atoms with van der Waals surface area (Å²) in [5.41, 5.74) is 0.891. The topological polar surface area (TPSA) is 111 Å². The van der Waals surface area contributed by atoms with Gasteiger partial charge in [-0.3, -0.25) is 14.4 Å². The Kier molecular flexibility index (Phi) is 7.49. The summed E-state index contributed by atoms with van der Waals surface area (Å²) in [6.45, 7) is 17.2. The van der Waals surface area contributed by atoms with Gasteiger partial charge in [-0.2, -0.15) is 10.5 Å². The number of allylic oxidation sites excluding steroid dienone is 5. The van der Waals surface area contributed by atoms with E-state index in [9.17, 15) is 24.9 Å². The number of carbonyl (C=O) groups is 3. The average molecular weight is 632 g/mol. The monoisotopic (exact) mass is 631 g/mol. The summed E-state index contributed by atoms with van der Waals surface area (Å²) in [4.78, 5) is 41.9. The van der Waals surface area contributed by atoms with Gasteiger partial charge in [0.15, 0.2) is 11.6 Å². The maximum absolute atomic E-state index is 14.8. The molecule has 1 aromatic carbocycles. The quantitative estimate of drug-likeness (QED) is 0.269. The molecule has 6 rings (SSSR count). The van der Waals surface area contributed by atoms with E-state index in [-0.39, 0.29) is 57.0 Å². The third-order valence-electron chi connectivity index (χ3n) is 14.0. The molecule has 0 radical (unpaired) electrons. The van der Waals surface area contributed by atoms with Crippen molar-refractivity contribution < 1.29 is 14.4 Å². The van der Waals surface area contributed by atoms with Crippen molar-refractivity contribution in [3.8, 4) is 12.1 Å². The van der Waals surface area contributed by atoms with Gasteiger partial charge in [0, 0.05) is 28.4 Å². The molecule has 0 saturated heterocycles. The number of hydrogen-bond donors (Lipinski definition) is 1. The van der Waals surface area contributed by atoms with Crippen LogP contribution in [0.5, 0.6) is 0 Å². The smallest absolute Gasteiger partial charge is 0.245 e. The first-order chi connectivity index (χ1) is 21.9. The molecule has 6 nitrogen and oxygen atoms in total. The van der Waals surface area contributed by atoms with Crippen LogP contribution >= 0.6 is 0 Å². The minimum absolute atomic E-state index is 0.00268. The normalized spacial score (nSPS) is 38.6. The number of nitrogens with one attached hydrogen (secondary N) is 1. The van der Waals surface area contributed by atoms with Gasteiger partial charge in [-0.15, -0.1) is 0 Å². The number of nitriles is 2. The molecule has 1 N–H and O–H groups in total. The predicted molar refractivity (Wildman–Crippen MR) is 182 cm³/mol. The molecule has 6 heteroatoms. The third-order valence-corrected chi connectivity index (χ3v) is 14.0. The lowest BCUT2D eigenvalue weighted by atomic mass is 9.35. The fourth-order valence-corrected chi connectivity index (χ4v) is 11.2. The van der Waals surface area contributed by atoms with E-state index in [4.69, 9.17) is 0 Å². The van der Waals surface area contributed by atoms with E-state index in [0.717, 1.165) is 56.1 Å². The SMILES string of the molecule is Cc1ccc(/C(C#N)=C/C(=O)N[C@]23CCC(C)(C)C[C@H]2[C@H]2C(=O)C=C4[C@@]5(C)C=C(C#N)C(=O)C(C)(C)[C@@H]5CC[C@@]4(C)[C@]2(C)CC3)cc1. The van der Waals surface area contributed by atoms with Crippen molar-refractivity contribution in [2.75, 3.05) is 0 Å². The van der Waals surface area contributed by atoms with E-state index in [1.165, 1.54) is 6.08 Å². The summed E-state index contributed by atoms with van der Waals surface area (Å²) < 4.78 is 0. The van der Waals surface area contributed by atoms with Crippen LogP contribution in [0.4, 0.5) is 0 Å². The molecular weight excluding hydrogens is 582 g/mol. The highest BCUT2D eigenvalue weighted by Gasteiger charge is 2.70. The first-order valence-corrected chi connectivity index (χ1v) is 17.3. The first-order valence-electron chi connectivity index (χ1n) is 17.3. The van der Waals surface area contributed by atoms with Crippen LogP contribution in [-0.4, -0.2) is 23.0 Å². The lowest BCUT2D eigenvalue weighted by molar-refractivity contribution is -0.163. The van der Waals surface area contributed by atoms with Gasteiger partial charge in [-0.25, -0.2) is 0 Å². The van der Waals surface area contributed by atoms with Gasteiger partial charge in [0.25, 0.3) is 0 Å². The molecular formula is C41H49N3O3. The van der Waals surface area contributed by atoms with Crippen LogP contribution in [0.1, 0.15) is 105 Å².